The van der Waals surface area contributed by atoms with Gasteiger partial charge in [0, 0.05) is 190 Å². The van der Waals surface area contributed by atoms with E-state index >= 15 is 0 Å². The predicted molar refractivity (Wildman–Crippen MR) is 418 cm³/mol. The Labute approximate surface area is 623 Å². The van der Waals surface area contributed by atoms with E-state index in [0.29, 0.717) is 77.1 Å². The van der Waals surface area contributed by atoms with E-state index in [4.69, 9.17) is 47.2 Å². The van der Waals surface area contributed by atoms with Gasteiger partial charge in [-0.05, 0) is 136 Å². The van der Waals surface area contributed by atoms with Crippen molar-refractivity contribution in [2.24, 2.45) is 17.2 Å². The monoisotopic (exact) mass is 1600 g/mol. The van der Waals surface area contributed by atoms with Crippen LogP contribution in [-0.2, 0) is 35.6 Å². The summed E-state index contributed by atoms with van der Waals surface area (Å²) in [5, 5.41) is 21.8. The van der Waals surface area contributed by atoms with Gasteiger partial charge in [-0.3, -0.25) is 24.0 Å². The molecule has 0 radical (unpaired) electrons. The highest BCUT2D eigenvalue weighted by Crippen LogP contribution is 2.35. The summed E-state index contributed by atoms with van der Waals surface area (Å²) in [6.07, 6.45) is 1.02. The number of primary amides is 2. The topological polar surface area (TPSA) is 319 Å². The molecule has 28 heteroatoms. The van der Waals surface area contributed by atoms with Crippen molar-refractivity contribution in [3.8, 4) is 0 Å². The third-order valence-electron chi connectivity index (χ3n) is 17.3. The maximum absolute atomic E-state index is 12.5. The molecule has 4 aromatic heterocycles. The summed E-state index contributed by atoms with van der Waals surface area (Å²) in [5.41, 5.74) is 26.6. The van der Waals surface area contributed by atoms with E-state index in [-0.39, 0.29) is 65.5 Å². The van der Waals surface area contributed by atoms with E-state index in [1.54, 1.807) is 43.3 Å². The van der Waals surface area contributed by atoms with Crippen LogP contribution in [0, 0.1) is 0 Å². The van der Waals surface area contributed by atoms with E-state index < -0.39 is 11.8 Å². The lowest BCUT2D eigenvalue weighted by molar-refractivity contribution is -0.116. The number of piperazine rings is 3. The smallest absolute Gasteiger partial charge is 0.294 e. The Kier molecular flexibility index (Phi) is 29.3. The first kappa shape index (κ1) is 78.0. The lowest BCUT2D eigenvalue weighted by Gasteiger charge is -2.34. The van der Waals surface area contributed by atoms with Crippen LogP contribution in [0.2, 0.25) is 0 Å². The van der Waals surface area contributed by atoms with Crippen LogP contribution in [-0.4, -0.2) is 179 Å². The fourth-order valence-electron chi connectivity index (χ4n) is 11.6. The number of anilines is 5. The molecule has 542 valence electrons. The number of aliphatic hydroxyl groups excluding tert-OH is 1. The Morgan fingerprint density at radius 3 is 1.30 bits per heavy atom. The number of rotatable bonds is 20. The number of aromatic amines is 1. The van der Waals surface area contributed by atoms with Crippen molar-refractivity contribution >= 4 is 155 Å². The number of likely N-dealkylation sites (N-methyl/N-ethyl adjacent to an activating group) is 3. The molecule has 6 aromatic carbocycles. The quantitative estimate of drug-likeness (QED) is 0.0253. The van der Waals surface area contributed by atoms with Crippen LogP contribution in [0.25, 0.3) is 44.0 Å². The van der Waals surface area contributed by atoms with Crippen molar-refractivity contribution in [2.45, 2.75) is 45.8 Å². The van der Waals surface area contributed by atoms with Crippen LogP contribution < -0.4 is 58.7 Å². The number of alkyl halides is 1. The van der Waals surface area contributed by atoms with Crippen LogP contribution >= 0.6 is 59.4 Å². The van der Waals surface area contributed by atoms with Crippen LogP contribution in [0.3, 0.4) is 0 Å². The van der Waals surface area contributed by atoms with Crippen LogP contribution in [0.4, 0.5) is 28.4 Å². The summed E-state index contributed by atoms with van der Waals surface area (Å²) in [7, 11) is 6.50. The van der Waals surface area contributed by atoms with Crippen molar-refractivity contribution in [2.75, 3.05) is 151 Å². The van der Waals surface area contributed by atoms with Gasteiger partial charge in [-0.15, -0.1) is 11.6 Å². The fourth-order valence-corrected chi connectivity index (χ4v) is 12.8. The number of hydrogen-bond acceptors (Lipinski definition) is 19. The van der Waals surface area contributed by atoms with Gasteiger partial charge >= 0.3 is 0 Å². The number of aliphatic hydroxyl groups is 1. The Balaban J connectivity index is 0.000000163. The normalized spacial score (nSPS) is 14.3. The molecule has 24 nitrogen and oxygen atoms in total. The van der Waals surface area contributed by atoms with E-state index in [1.165, 1.54) is 28.2 Å². The van der Waals surface area contributed by atoms with Gasteiger partial charge < -0.3 is 91.2 Å². The highest BCUT2D eigenvalue weighted by atomic mass is 79.9. The SMILES string of the molecule is CCO.CN1CCN(c2ccc(CN)cc2)CC1.CN1CCN(c2ccc(CNCCC(=O)Nc3c(C(N)=O)oc4ccc(Br)cc34)cc2)CC1.CN1CCN(c2ccc(CNCCc3nc4c(oc5ccc(Br)cc54)c(=O)[nH]3)cc2)CC1.NC(=O)c1oc2ccc(Br)cc2c1NC(=O)CCCl. The molecule has 0 unspecified atom stereocenters. The molecule has 0 atom stereocenters. The number of aromatic nitrogens is 2. The number of nitrogens with one attached hydrogen (secondary N) is 5. The minimum absolute atomic E-state index is 0.0511. The van der Waals surface area contributed by atoms with Gasteiger partial charge in [0.05, 0.1) is 0 Å². The number of nitrogens with zero attached hydrogens (tertiary/aromatic N) is 7. The van der Waals surface area contributed by atoms with Crippen molar-refractivity contribution in [3.63, 3.8) is 0 Å². The molecule has 3 saturated heterocycles. The molecule has 102 heavy (non-hydrogen) atoms. The van der Waals surface area contributed by atoms with Gasteiger partial charge in [0.1, 0.15) is 39.5 Å². The highest BCUT2D eigenvalue weighted by Gasteiger charge is 2.24. The van der Waals surface area contributed by atoms with Crippen LogP contribution in [0.5, 0.6) is 0 Å². The molecule has 0 aliphatic carbocycles. The van der Waals surface area contributed by atoms with Crippen molar-refractivity contribution in [1.82, 2.24) is 35.3 Å². The first-order chi connectivity index (χ1) is 49.2. The first-order valence-corrected chi connectivity index (χ1v) is 36.7. The van der Waals surface area contributed by atoms with Crippen LogP contribution in [0.1, 0.15) is 63.4 Å². The van der Waals surface area contributed by atoms with E-state index in [2.05, 4.69) is 202 Å². The molecule has 3 fully saturated rings. The van der Waals surface area contributed by atoms with Gasteiger partial charge in [0.25, 0.3) is 17.4 Å². The molecule has 3 aliphatic rings. The van der Waals surface area contributed by atoms with Crippen LogP contribution in [0.15, 0.2) is 159 Å². The third kappa shape index (κ3) is 21.9. The second kappa shape index (κ2) is 38.4. The molecule has 13 rings (SSSR count). The minimum Gasteiger partial charge on any atom is -0.449 e. The molecule has 10 aromatic rings. The van der Waals surface area contributed by atoms with E-state index in [1.807, 2.05) is 18.2 Å². The predicted octanol–water partition coefficient (Wildman–Crippen LogP) is 10.4. The standard InChI is InChI=1S/C24H28BrN5O3.C24H26BrN5O2.C12H10BrClN2O3.C12H19N3.C2H6O/c1-29-10-12-30(13-11-29)18-5-2-16(3-6-18)15-27-9-8-21(31)28-22-19-14-17(25)4-7-20(19)33-23(22)24(26)32;1-29-10-12-30(13-11-29)18-5-2-16(3-6-18)15-26-9-8-21-27-22-19-14-17(25)4-7-20(19)32-23(22)24(31)28-21;13-6-1-2-8-7(5-6)10(11(19-8)12(15)18)16-9(17)3-4-14;1-14-6-8-15(9-7-14)12-4-2-11(10-13)3-5-12;1-2-3/h2-7,14,27H,8-13,15H2,1H3,(H2,26,32)(H,28,31);2-7,14,26H,8-13,15H2,1H3,(H,27,28,31);1-2,5H,3-4H2,(H2,15,18)(H,16,17);2-5H,6-10,13H2,1H3;3H,2H2,1H3. The Bertz CT molecular complexity index is 4470. The first-order valence-electron chi connectivity index (χ1n) is 33.8. The fraction of sp³-hybridized carbons (Fsp3) is 0.351. The number of carbonyl (C=O) groups is 4. The zero-order valence-electron chi connectivity index (χ0n) is 57.8. The molecule has 3 aliphatic heterocycles. The number of amides is 4. The number of halogens is 4. The second-order valence-electron chi connectivity index (χ2n) is 24.8. The van der Waals surface area contributed by atoms with Gasteiger partial charge in [0.2, 0.25) is 28.9 Å². The number of hydrogen-bond donors (Lipinski definition) is 9. The lowest BCUT2D eigenvalue weighted by Crippen LogP contribution is -2.44. The zero-order valence-corrected chi connectivity index (χ0v) is 63.3. The number of H-pyrrole nitrogens is 1. The summed E-state index contributed by atoms with van der Waals surface area (Å²) in [6.45, 7) is 18.4. The third-order valence-corrected chi connectivity index (χ3v) is 19.0. The zero-order chi connectivity index (χ0) is 72.8. The van der Waals surface area contributed by atoms with Crippen molar-refractivity contribution < 1.29 is 37.5 Å². The van der Waals surface area contributed by atoms with E-state index in [9.17, 15) is 24.0 Å². The summed E-state index contributed by atoms with van der Waals surface area (Å²) in [6, 6.07) is 42.1. The minimum atomic E-state index is -0.742. The largest absolute Gasteiger partial charge is 0.449 e. The van der Waals surface area contributed by atoms with Gasteiger partial charge in [0.15, 0.2) is 0 Å². The maximum atomic E-state index is 12.5. The van der Waals surface area contributed by atoms with Gasteiger partial charge in [-0.2, -0.15) is 0 Å². The average Bonchev–Trinajstić information content (AvgIpc) is 1.63. The Morgan fingerprint density at radius 2 is 0.912 bits per heavy atom. The lowest BCUT2D eigenvalue weighted by atomic mass is 10.1. The molecule has 0 bridgehead atoms. The van der Waals surface area contributed by atoms with Crippen molar-refractivity contribution in [1.29, 1.82) is 0 Å². The molecule has 12 N–H and O–H groups in total. The Morgan fingerprint density at radius 1 is 0.539 bits per heavy atom. The number of carbonyl (C=O) groups excluding carboxylic acids is 4. The molecular weight excluding hydrogens is 1520 g/mol. The number of fused-ring (bicyclic) bond motifs is 5. The summed E-state index contributed by atoms with van der Waals surface area (Å²) >= 11 is 15.7. The highest BCUT2D eigenvalue weighted by molar-refractivity contribution is 9.11. The molecule has 7 heterocycles. The number of nitrogens with two attached hydrogens (primary N) is 3. The molecule has 0 spiro atoms. The molecule has 4 amide bonds. The molecule has 0 saturated carbocycles. The maximum Gasteiger partial charge on any atom is 0.294 e. The van der Waals surface area contributed by atoms with Gasteiger partial charge in [-0.1, -0.05) is 84.2 Å². The Hall–Kier alpha value is -8.19. The summed E-state index contributed by atoms with van der Waals surface area (Å²) in [5.74, 6) is -1.27. The van der Waals surface area contributed by atoms with Crippen molar-refractivity contribution in [3.05, 3.63) is 185 Å². The number of benzene rings is 6. The summed E-state index contributed by atoms with van der Waals surface area (Å²) < 4.78 is 19.1. The van der Waals surface area contributed by atoms with Gasteiger partial charge in [-0.25, -0.2) is 4.98 Å². The second-order valence-corrected chi connectivity index (χ2v) is 28.0. The van der Waals surface area contributed by atoms with E-state index in [0.717, 1.165) is 109 Å². The average molecular weight is 1610 g/mol. The summed E-state index contributed by atoms with van der Waals surface area (Å²) in [4.78, 5) is 81.5. The number of furan rings is 3. The molecular formula is C74H89Br3ClN15O9.